The molecule has 1 atom stereocenters. The van der Waals surface area contributed by atoms with Crippen molar-refractivity contribution in [3.8, 4) is 11.5 Å². The van der Waals surface area contributed by atoms with Crippen LogP contribution in [0.5, 0.6) is 11.5 Å². The monoisotopic (exact) mass is 458 g/mol. The van der Waals surface area contributed by atoms with Crippen LogP contribution < -0.4 is 20.5 Å². The zero-order valence-corrected chi connectivity index (χ0v) is 17.4. The van der Waals surface area contributed by atoms with E-state index in [1.165, 1.54) is 0 Å². The molecule has 2 aromatic carbocycles. The van der Waals surface area contributed by atoms with Gasteiger partial charge in [-0.15, -0.1) is 12.4 Å². The Hall–Kier alpha value is -1.80. The fourth-order valence-corrected chi connectivity index (χ4v) is 3.02. The molecule has 0 spiro atoms. The first kappa shape index (κ1) is 23.2. The summed E-state index contributed by atoms with van der Waals surface area (Å²) in [6.07, 6.45) is -0.579. The van der Waals surface area contributed by atoms with Crippen molar-refractivity contribution in [2.24, 2.45) is 5.73 Å². The number of nitrogens with one attached hydrogen (secondary N) is 1. The summed E-state index contributed by atoms with van der Waals surface area (Å²) in [7, 11) is 0. The van der Waals surface area contributed by atoms with Gasteiger partial charge in [0.25, 0.3) is 5.91 Å². The van der Waals surface area contributed by atoms with Crippen molar-refractivity contribution in [2.75, 3.05) is 19.8 Å². The van der Waals surface area contributed by atoms with Crippen LogP contribution in [0.25, 0.3) is 0 Å². The zero-order chi connectivity index (χ0) is 18.9. The average Bonchev–Trinajstić information content (AvgIpc) is 2.61. The first-order valence-electron chi connectivity index (χ1n) is 8.31. The molecule has 4 N–H and O–H groups in total. The third-order valence-electron chi connectivity index (χ3n) is 3.58. The highest BCUT2D eigenvalue weighted by Crippen LogP contribution is 2.37. The number of nitrogens with two attached hydrogens (primary N) is 1. The molecule has 1 unspecified atom stereocenters. The normalized spacial score (nSPS) is 11.4. The molecular formula is C19H24BrClN2O4. The number of aliphatic hydroxyl groups is 1. The van der Waals surface area contributed by atoms with Crippen molar-refractivity contribution >= 4 is 34.2 Å². The molecule has 27 heavy (non-hydrogen) atoms. The Kier molecular flexibility index (Phi) is 10.2. The van der Waals surface area contributed by atoms with E-state index in [-0.39, 0.29) is 19.0 Å². The van der Waals surface area contributed by atoms with Crippen molar-refractivity contribution < 1.29 is 19.4 Å². The van der Waals surface area contributed by atoms with E-state index >= 15 is 0 Å². The van der Waals surface area contributed by atoms with Gasteiger partial charge in [-0.2, -0.15) is 0 Å². The second-order valence-electron chi connectivity index (χ2n) is 5.65. The van der Waals surface area contributed by atoms with E-state index in [0.717, 1.165) is 11.1 Å². The van der Waals surface area contributed by atoms with Crippen LogP contribution in [-0.2, 0) is 11.3 Å². The minimum Gasteiger partial charge on any atom is -0.490 e. The Labute approximate surface area is 173 Å². The van der Waals surface area contributed by atoms with E-state index < -0.39 is 12.0 Å². The predicted octanol–water partition coefficient (Wildman–Crippen LogP) is 2.96. The Bertz CT molecular complexity index is 731. The maximum Gasteiger partial charge on any atom is 0.255 e. The van der Waals surface area contributed by atoms with Gasteiger partial charge in [0.15, 0.2) is 18.1 Å². The Morgan fingerprint density at radius 3 is 2.59 bits per heavy atom. The lowest BCUT2D eigenvalue weighted by molar-refractivity contribution is -0.119. The zero-order valence-electron chi connectivity index (χ0n) is 15.0. The highest BCUT2D eigenvalue weighted by Gasteiger charge is 2.14. The molecule has 0 aliphatic heterocycles. The van der Waals surface area contributed by atoms with Crippen LogP contribution in [0.4, 0.5) is 0 Å². The summed E-state index contributed by atoms with van der Waals surface area (Å²) < 4.78 is 11.7. The van der Waals surface area contributed by atoms with E-state index in [9.17, 15) is 9.90 Å². The van der Waals surface area contributed by atoms with Gasteiger partial charge in [-0.3, -0.25) is 4.79 Å². The Morgan fingerprint density at radius 2 is 1.96 bits per heavy atom. The summed E-state index contributed by atoms with van der Waals surface area (Å²) in [5.41, 5.74) is 6.95. The predicted molar refractivity (Wildman–Crippen MR) is 110 cm³/mol. The smallest absolute Gasteiger partial charge is 0.255 e. The summed E-state index contributed by atoms with van der Waals surface area (Å²) in [4.78, 5) is 10.9. The summed E-state index contributed by atoms with van der Waals surface area (Å²) >= 11 is 3.44. The number of halogens is 2. The van der Waals surface area contributed by atoms with Crippen LogP contribution in [0.1, 0.15) is 24.2 Å². The first-order valence-corrected chi connectivity index (χ1v) is 9.10. The lowest BCUT2D eigenvalue weighted by atomic mass is 10.1. The number of hydrogen-bond donors (Lipinski definition) is 3. The van der Waals surface area contributed by atoms with Crippen LogP contribution in [-0.4, -0.2) is 30.8 Å². The van der Waals surface area contributed by atoms with E-state index in [1.54, 1.807) is 0 Å². The second-order valence-corrected chi connectivity index (χ2v) is 6.50. The molecule has 148 valence electrons. The Morgan fingerprint density at radius 1 is 1.26 bits per heavy atom. The summed E-state index contributed by atoms with van der Waals surface area (Å²) in [6.45, 7) is 3.07. The average molecular weight is 460 g/mol. The topological polar surface area (TPSA) is 93.8 Å². The molecule has 0 saturated heterocycles. The van der Waals surface area contributed by atoms with Gasteiger partial charge in [0.2, 0.25) is 0 Å². The van der Waals surface area contributed by atoms with Gasteiger partial charge in [0.05, 0.1) is 17.2 Å². The van der Waals surface area contributed by atoms with Crippen molar-refractivity contribution in [3.05, 3.63) is 58.1 Å². The number of hydrogen-bond acceptors (Lipinski definition) is 5. The molecule has 0 aromatic heterocycles. The van der Waals surface area contributed by atoms with Crippen LogP contribution >= 0.6 is 28.3 Å². The van der Waals surface area contributed by atoms with Gasteiger partial charge in [-0.1, -0.05) is 30.3 Å². The lowest BCUT2D eigenvalue weighted by Gasteiger charge is -2.16. The maximum absolute atomic E-state index is 10.9. The molecule has 1 amide bonds. The number of ether oxygens (including phenoxy) is 2. The second kappa shape index (κ2) is 11.8. The maximum atomic E-state index is 10.9. The fraction of sp³-hybridized carbons (Fsp3) is 0.316. The largest absolute Gasteiger partial charge is 0.490 e. The standard InChI is InChI=1S/C19H23BrN2O4.ClH/c1-2-25-17-9-13(8-15(20)19(17)26-12-18(21)24)10-22-11-16(23)14-6-4-3-5-7-14;/h3-9,16,22-23H,2,10-12H2,1H3,(H2,21,24);1H. The highest BCUT2D eigenvalue weighted by atomic mass is 79.9. The summed E-state index contributed by atoms with van der Waals surface area (Å²) in [5.74, 6) is 0.419. The van der Waals surface area contributed by atoms with Crippen LogP contribution in [0.3, 0.4) is 0 Å². The summed E-state index contributed by atoms with van der Waals surface area (Å²) in [6, 6.07) is 13.2. The Balaban J connectivity index is 0.00000364. The van der Waals surface area contributed by atoms with Gasteiger partial charge in [-0.25, -0.2) is 0 Å². The lowest BCUT2D eigenvalue weighted by Crippen LogP contribution is -2.21. The van der Waals surface area contributed by atoms with Gasteiger partial charge in [0, 0.05) is 13.1 Å². The number of benzene rings is 2. The molecule has 0 aliphatic carbocycles. The van der Waals surface area contributed by atoms with E-state index in [0.29, 0.717) is 35.7 Å². The molecule has 2 rings (SSSR count). The molecule has 0 saturated carbocycles. The van der Waals surface area contributed by atoms with Crippen molar-refractivity contribution in [1.82, 2.24) is 5.32 Å². The van der Waals surface area contributed by atoms with E-state index in [1.807, 2.05) is 49.4 Å². The van der Waals surface area contributed by atoms with Crippen LogP contribution in [0.15, 0.2) is 46.9 Å². The SMILES string of the molecule is CCOc1cc(CNCC(O)c2ccccc2)cc(Br)c1OCC(N)=O.Cl. The van der Waals surface area contributed by atoms with Crippen molar-refractivity contribution in [1.29, 1.82) is 0 Å². The summed E-state index contributed by atoms with van der Waals surface area (Å²) in [5, 5.41) is 13.4. The molecule has 0 radical (unpaired) electrons. The molecule has 0 fully saturated rings. The molecule has 6 nitrogen and oxygen atoms in total. The number of carbonyl (C=O) groups excluding carboxylic acids is 1. The van der Waals surface area contributed by atoms with E-state index in [2.05, 4.69) is 21.2 Å². The minimum absolute atomic E-state index is 0. The first-order chi connectivity index (χ1) is 12.5. The third-order valence-corrected chi connectivity index (χ3v) is 4.17. The molecule has 0 aliphatic rings. The van der Waals surface area contributed by atoms with Gasteiger partial charge >= 0.3 is 0 Å². The highest BCUT2D eigenvalue weighted by molar-refractivity contribution is 9.10. The number of primary amides is 1. The molecule has 0 heterocycles. The number of amides is 1. The van der Waals surface area contributed by atoms with Crippen molar-refractivity contribution in [2.45, 2.75) is 19.6 Å². The molecule has 0 bridgehead atoms. The number of rotatable bonds is 10. The quantitative estimate of drug-likeness (QED) is 0.508. The van der Waals surface area contributed by atoms with Crippen LogP contribution in [0, 0.1) is 0 Å². The number of carbonyl (C=O) groups is 1. The molecule has 8 heteroatoms. The van der Waals surface area contributed by atoms with Gasteiger partial charge < -0.3 is 25.6 Å². The minimum atomic E-state index is -0.579. The van der Waals surface area contributed by atoms with Gasteiger partial charge in [-0.05, 0) is 46.1 Å². The molecule has 2 aromatic rings. The third kappa shape index (κ3) is 7.38. The van der Waals surface area contributed by atoms with Crippen molar-refractivity contribution in [3.63, 3.8) is 0 Å². The number of aliphatic hydroxyl groups excluding tert-OH is 1. The van der Waals surface area contributed by atoms with Gasteiger partial charge in [0.1, 0.15) is 0 Å². The van der Waals surface area contributed by atoms with E-state index in [4.69, 9.17) is 15.2 Å². The fourth-order valence-electron chi connectivity index (χ4n) is 2.42. The molecular weight excluding hydrogens is 436 g/mol. The van der Waals surface area contributed by atoms with Crippen LogP contribution in [0.2, 0.25) is 0 Å².